The Balaban J connectivity index is 1.81. The van der Waals surface area contributed by atoms with Crippen molar-refractivity contribution in [2.45, 2.75) is 66.0 Å². The quantitative estimate of drug-likeness (QED) is 0.918. The summed E-state index contributed by atoms with van der Waals surface area (Å²) in [6, 6.07) is 0.640. The van der Waals surface area contributed by atoms with Gasteiger partial charge in [0.05, 0.1) is 11.9 Å². The lowest BCUT2D eigenvalue weighted by Gasteiger charge is -2.39. The molecule has 5 nitrogen and oxygen atoms in total. The van der Waals surface area contributed by atoms with Crippen molar-refractivity contribution in [2.75, 3.05) is 11.9 Å². The number of likely N-dealkylation sites (tertiary alicyclic amines) is 1. The lowest BCUT2D eigenvalue weighted by molar-refractivity contribution is -0.135. The highest BCUT2D eigenvalue weighted by Crippen LogP contribution is 2.33. The van der Waals surface area contributed by atoms with Crippen molar-refractivity contribution in [3.63, 3.8) is 0 Å². The predicted molar refractivity (Wildman–Crippen MR) is 99.7 cm³/mol. The van der Waals surface area contributed by atoms with Crippen molar-refractivity contribution in [1.29, 1.82) is 0 Å². The molecule has 130 valence electrons. The van der Waals surface area contributed by atoms with Crippen LogP contribution in [-0.4, -0.2) is 39.4 Å². The number of piperidine rings is 1. The number of nitrogens with one attached hydrogen (secondary N) is 1. The van der Waals surface area contributed by atoms with Gasteiger partial charge in [-0.15, -0.1) is 11.3 Å². The summed E-state index contributed by atoms with van der Waals surface area (Å²) in [5, 5.41) is 4.34. The molecule has 3 rings (SSSR count). The lowest BCUT2D eigenvalue weighted by Crippen LogP contribution is -2.49. The molecule has 1 saturated heterocycles. The molecule has 2 aromatic rings. The van der Waals surface area contributed by atoms with Crippen molar-refractivity contribution < 1.29 is 4.79 Å². The van der Waals surface area contributed by atoms with Crippen LogP contribution >= 0.6 is 11.3 Å². The van der Waals surface area contributed by atoms with E-state index >= 15 is 0 Å². The smallest absolute Gasteiger partial charge is 0.242 e. The Kier molecular flexibility index (Phi) is 4.76. The van der Waals surface area contributed by atoms with Crippen LogP contribution < -0.4 is 5.32 Å². The van der Waals surface area contributed by atoms with E-state index in [1.165, 1.54) is 16.9 Å². The molecule has 6 heteroatoms. The molecule has 1 aliphatic heterocycles. The second-order valence-electron chi connectivity index (χ2n) is 6.87. The minimum Gasteiger partial charge on any atom is -0.360 e. The van der Waals surface area contributed by atoms with E-state index in [1.807, 2.05) is 11.8 Å². The van der Waals surface area contributed by atoms with Gasteiger partial charge in [-0.2, -0.15) is 0 Å². The molecule has 24 heavy (non-hydrogen) atoms. The molecule has 1 aliphatic rings. The minimum absolute atomic E-state index is 0.156. The molecule has 1 N–H and O–H groups in total. The van der Waals surface area contributed by atoms with Crippen molar-refractivity contribution >= 4 is 33.3 Å². The second kappa shape index (κ2) is 6.67. The molecule has 3 heterocycles. The molecule has 0 aromatic carbocycles. The zero-order chi connectivity index (χ0) is 17.4. The van der Waals surface area contributed by atoms with Gasteiger partial charge in [0.1, 0.15) is 16.5 Å². The standard InChI is InChI=1S/C18H26N4OS/c1-10-7-6-8-11(2)22(10)15(23)9-19-17-16-12(3)13(4)24-18(16)21-14(5)20-17/h10-11H,6-9H2,1-5H3,(H,19,20,21). The van der Waals surface area contributed by atoms with Gasteiger partial charge < -0.3 is 10.2 Å². The maximum atomic E-state index is 12.7. The highest BCUT2D eigenvalue weighted by Gasteiger charge is 2.28. The Morgan fingerprint density at radius 2 is 1.88 bits per heavy atom. The molecule has 1 amide bonds. The average molecular weight is 347 g/mol. The molecule has 0 aliphatic carbocycles. The molecular formula is C18H26N4OS. The summed E-state index contributed by atoms with van der Waals surface area (Å²) in [6.45, 7) is 10.7. The number of nitrogens with zero attached hydrogens (tertiary/aromatic N) is 3. The third-order valence-corrected chi connectivity index (χ3v) is 6.13. The van der Waals surface area contributed by atoms with Crippen LogP contribution in [-0.2, 0) is 4.79 Å². The van der Waals surface area contributed by atoms with Crippen molar-refractivity contribution in [3.05, 3.63) is 16.3 Å². The second-order valence-corrected chi connectivity index (χ2v) is 8.07. The van der Waals surface area contributed by atoms with Crippen LogP contribution in [0.2, 0.25) is 0 Å². The summed E-state index contributed by atoms with van der Waals surface area (Å²) in [5.41, 5.74) is 1.20. The van der Waals surface area contributed by atoms with E-state index in [1.54, 1.807) is 11.3 Å². The molecule has 0 saturated carbocycles. The Morgan fingerprint density at radius 1 is 1.21 bits per heavy atom. The first-order valence-corrected chi connectivity index (χ1v) is 9.49. The van der Waals surface area contributed by atoms with Gasteiger partial charge in [0.25, 0.3) is 0 Å². The van der Waals surface area contributed by atoms with Crippen LogP contribution in [0.1, 0.15) is 49.4 Å². The van der Waals surface area contributed by atoms with Crippen LogP contribution in [0.15, 0.2) is 0 Å². The van der Waals surface area contributed by atoms with Gasteiger partial charge in [-0.25, -0.2) is 9.97 Å². The number of fused-ring (bicyclic) bond motifs is 1. The van der Waals surface area contributed by atoms with E-state index in [0.29, 0.717) is 12.1 Å². The van der Waals surface area contributed by atoms with E-state index < -0.39 is 0 Å². The fourth-order valence-corrected chi connectivity index (χ4v) is 4.72. The first kappa shape index (κ1) is 17.1. The number of carbonyl (C=O) groups is 1. The van der Waals surface area contributed by atoms with E-state index in [4.69, 9.17) is 0 Å². The fraction of sp³-hybridized carbons (Fsp3) is 0.611. The van der Waals surface area contributed by atoms with Crippen molar-refractivity contribution in [2.24, 2.45) is 0 Å². The molecule has 2 aromatic heterocycles. The highest BCUT2D eigenvalue weighted by molar-refractivity contribution is 7.18. The number of aromatic nitrogens is 2. The molecule has 2 unspecified atom stereocenters. The molecule has 0 bridgehead atoms. The summed E-state index contributed by atoms with van der Waals surface area (Å²) in [6.07, 6.45) is 3.39. The number of hydrogen-bond donors (Lipinski definition) is 1. The molecule has 1 fully saturated rings. The van der Waals surface area contributed by atoms with E-state index in [2.05, 4.69) is 43.0 Å². The van der Waals surface area contributed by atoms with Gasteiger partial charge in [-0.3, -0.25) is 4.79 Å². The molecule has 0 radical (unpaired) electrons. The van der Waals surface area contributed by atoms with Gasteiger partial charge >= 0.3 is 0 Å². The fourth-order valence-electron chi connectivity index (χ4n) is 3.65. The number of carbonyl (C=O) groups excluding carboxylic acids is 1. The monoisotopic (exact) mass is 346 g/mol. The minimum atomic E-state index is 0.156. The molecule has 0 spiro atoms. The van der Waals surface area contributed by atoms with Crippen molar-refractivity contribution in [3.8, 4) is 0 Å². The summed E-state index contributed by atoms with van der Waals surface area (Å²) in [7, 11) is 0. The van der Waals surface area contributed by atoms with Crippen LogP contribution in [0.4, 0.5) is 5.82 Å². The Bertz CT molecular complexity index is 760. The Labute approximate surface area is 147 Å². The highest BCUT2D eigenvalue weighted by atomic mass is 32.1. The maximum Gasteiger partial charge on any atom is 0.242 e. The number of amides is 1. The van der Waals surface area contributed by atoms with Gasteiger partial charge in [0.2, 0.25) is 5.91 Å². The number of hydrogen-bond acceptors (Lipinski definition) is 5. The Morgan fingerprint density at radius 3 is 2.54 bits per heavy atom. The number of thiophene rings is 1. The van der Waals surface area contributed by atoms with Crippen LogP contribution in [0, 0.1) is 20.8 Å². The summed E-state index contributed by atoms with van der Waals surface area (Å²) < 4.78 is 0. The van der Waals surface area contributed by atoms with Crippen LogP contribution in [0.25, 0.3) is 10.2 Å². The predicted octanol–water partition coefficient (Wildman–Crippen LogP) is 3.82. The topological polar surface area (TPSA) is 58.1 Å². The van der Waals surface area contributed by atoms with Gasteiger partial charge in [0.15, 0.2) is 0 Å². The zero-order valence-corrected chi connectivity index (χ0v) is 16.0. The third kappa shape index (κ3) is 3.11. The summed E-state index contributed by atoms with van der Waals surface area (Å²) >= 11 is 1.68. The zero-order valence-electron chi connectivity index (χ0n) is 15.1. The maximum absolute atomic E-state index is 12.7. The average Bonchev–Trinajstić information content (AvgIpc) is 2.79. The first-order chi connectivity index (χ1) is 11.4. The summed E-state index contributed by atoms with van der Waals surface area (Å²) in [5.74, 6) is 1.67. The van der Waals surface area contributed by atoms with E-state index in [0.717, 1.165) is 34.7 Å². The first-order valence-electron chi connectivity index (χ1n) is 8.68. The third-order valence-electron chi connectivity index (χ3n) is 5.03. The number of anilines is 1. The SMILES string of the molecule is Cc1nc(NCC(=O)N2C(C)CCCC2C)c2c(C)c(C)sc2n1. The van der Waals surface area contributed by atoms with Gasteiger partial charge in [-0.05, 0) is 59.4 Å². The van der Waals surface area contributed by atoms with E-state index in [9.17, 15) is 4.79 Å². The molecule has 2 atom stereocenters. The van der Waals surface area contributed by atoms with Crippen LogP contribution in [0.3, 0.4) is 0 Å². The lowest BCUT2D eigenvalue weighted by atomic mass is 9.97. The number of aryl methyl sites for hydroxylation is 3. The van der Waals surface area contributed by atoms with Crippen molar-refractivity contribution in [1.82, 2.24) is 14.9 Å². The number of rotatable bonds is 3. The van der Waals surface area contributed by atoms with E-state index in [-0.39, 0.29) is 12.5 Å². The Hall–Kier alpha value is -1.69. The normalized spacial score (nSPS) is 21.3. The largest absolute Gasteiger partial charge is 0.360 e. The van der Waals surface area contributed by atoms with Gasteiger partial charge in [-0.1, -0.05) is 0 Å². The molecular weight excluding hydrogens is 320 g/mol. The van der Waals surface area contributed by atoms with Gasteiger partial charge in [0, 0.05) is 17.0 Å². The summed E-state index contributed by atoms with van der Waals surface area (Å²) in [4.78, 5) is 26.1. The van der Waals surface area contributed by atoms with Crippen LogP contribution in [0.5, 0.6) is 0 Å².